The monoisotopic (exact) mass is 284 g/mol. The van der Waals surface area contributed by atoms with Crippen LogP contribution in [-0.4, -0.2) is 31.0 Å². The highest BCUT2D eigenvalue weighted by Gasteiger charge is 2.14. The first-order valence-corrected chi connectivity index (χ1v) is 6.80. The predicted octanol–water partition coefficient (Wildman–Crippen LogP) is 1.66. The van der Waals surface area contributed by atoms with E-state index in [1.165, 1.54) is 0 Å². The lowest BCUT2D eigenvalue weighted by Gasteiger charge is -2.14. The van der Waals surface area contributed by atoms with Gasteiger partial charge in [0.15, 0.2) is 0 Å². The summed E-state index contributed by atoms with van der Waals surface area (Å²) in [5.74, 6) is 0.276. The van der Waals surface area contributed by atoms with Gasteiger partial charge in [0, 0.05) is 14.1 Å². The molecule has 0 spiro atoms. The van der Waals surface area contributed by atoms with Gasteiger partial charge in [0.05, 0.1) is 17.9 Å². The first-order chi connectivity index (χ1) is 10.1. The minimum absolute atomic E-state index is 0.232. The SMILES string of the molecule is CN(C)c1ccc(NC(=O)C(N)Cc2ccccc2)nc1. The molecule has 0 radical (unpaired) electrons. The molecule has 0 saturated heterocycles. The molecule has 2 aromatic rings. The maximum Gasteiger partial charge on any atom is 0.242 e. The summed E-state index contributed by atoms with van der Waals surface area (Å²) in [5.41, 5.74) is 7.94. The predicted molar refractivity (Wildman–Crippen MR) is 85.3 cm³/mol. The fourth-order valence-corrected chi connectivity index (χ4v) is 1.90. The van der Waals surface area contributed by atoms with Crippen LogP contribution < -0.4 is 16.0 Å². The number of hydrogen-bond acceptors (Lipinski definition) is 4. The Hall–Kier alpha value is -2.40. The second-order valence-electron chi connectivity index (χ2n) is 5.08. The van der Waals surface area contributed by atoms with Crippen LogP contribution in [0.5, 0.6) is 0 Å². The number of benzene rings is 1. The van der Waals surface area contributed by atoms with Crippen molar-refractivity contribution in [3.63, 3.8) is 0 Å². The second kappa shape index (κ2) is 6.85. The molecule has 0 aliphatic carbocycles. The average Bonchev–Trinajstić information content (AvgIpc) is 2.48. The molecular weight excluding hydrogens is 264 g/mol. The molecule has 5 heteroatoms. The summed E-state index contributed by atoms with van der Waals surface area (Å²) in [7, 11) is 3.87. The maximum absolute atomic E-state index is 12.0. The van der Waals surface area contributed by atoms with Crippen molar-refractivity contribution in [3.05, 3.63) is 54.2 Å². The van der Waals surface area contributed by atoms with E-state index in [2.05, 4.69) is 10.3 Å². The second-order valence-corrected chi connectivity index (χ2v) is 5.08. The summed E-state index contributed by atoms with van der Waals surface area (Å²) in [6.45, 7) is 0. The third-order valence-corrected chi connectivity index (χ3v) is 3.15. The Morgan fingerprint density at radius 1 is 1.24 bits per heavy atom. The van der Waals surface area contributed by atoms with E-state index in [9.17, 15) is 4.79 Å². The molecule has 0 fully saturated rings. The minimum Gasteiger partial charge on any atom is -0.376 e. The zero-order valence-corrected chi connectivity index (χ0v) is 12.3. The van der Waals surface area contributed by atoms with Crippen molar-refractivity contribution in [2.75, 3.05) is 24.3 Å². The highest BCUT2D eigenvalue weighted by Crippen LogP contribution is 2.12. The molecule has 1 aromatic carbocycles. The van der Waals surface area contributed by atoms with E-state index >= 15 is 0 Å². The summed E-state index contributed by atoms with van der Waals surface area (Å²) in [5, 5.41) is 2.73. The summed E-state index contributed by atoms with van der Waals surface area (Å²) in [6, 6.07) is 12.8. The van der Waals surface area contributed by atoms with E-state index in [0.29, 0.717) is 12.2 Å². The molecule has 110 valence electrons. The topological polar surface area (TPSA) is 71.2 Å². The van der Waals surface area contributed by atoms with Crippen LogP contribution in [0.4, 0.5) is 11.5 Å². The minimum atomic E-state index is -0.595. The van der Waals surface area contributed by atoms with Crippen molar-refractivity contribution in [3.8, 4) is 0 Å². The number of carbonyl (C=O) groups excluding carboxylic acids is 1. The molecule has 3 N–H and O–H groups in total. The van der Waals surface area contributed by atoms with E-state index in [4.69, 9.17) is 5.73 Å². The number of amides is 1. The standard InChI is InChI=1S/C16H20N4O/c1-20(2)13-8-9-15(18-11-13)19-16(21)14(17)10-12-6-4-3-5-7-12/h3-9,11,14H,10,17H2,1-2H3,(H,18,19,21). The number of pyridine rings is 1. The summed E-state index contributed by atoms with van der Waals surface area (Å²) in [6.07, 6.45) is 2.21. The van der Waals surface area contributed by atoms with E-state index in [0.717, 1.165) is 11.3 Å². The Labute approximate surface area is 124 Å². The Morgan fingerprint density at radius 3 is 2.52 bits per heavy atom. The van der Waals surface area contributed by atoms with Gasteiger partial charge in [-0.1, -0.05) is 30.3 Å². The van der Waals surface area contributed by atoms with Crippen molar-refractivity contribution in [1.29, 1.82) is 0 Å². The number of aromatic nitrogens is 1. The lowest BCUT2D eigenvalue weighted by atomic mass is 10.1. The number of nitrogens with zero attached hydrogens (tertiary/aromatic N) is 2. The molecule has 5 nitrogen and oxygen atoms in total. The van der Waals surface area contributed by atoms with Crippen molar-refractivity contribution in [1.82, 2.24) is 4.98 Å². The average molecular weight is 284 g/mol. The van der Waals surface area contributed by atoms with Gasteiger partial charge in [-0.2, -0.15) is 0 Å². The molecule has 1 amide bonds. The summed E-state index contributed by atoms with van der Waals surface area (Å²) in [4.78, 5) is 18.2. The van der Waals surface area contributed by atoms with Crippen LogP contribution in [0.3, 0.4) is 0 Å². The largest absolute Gasteiger partial charge is 0.376 e. The van der Waals surface area contributed by atoms with Crippen LogP contribution in [0.1, 0.15) is 5.56 Å². The Balaban J connectivity index is 1.94. The molecule has 21 heavy (non-hydrogen) atoms. The Bertz CT molecular complexity index is 581. The number of carbonyl (C=O) groups is 1. The molecule has 1 atom stereocenters. The van der Waals surface area contributed by atoms with Gasteiger partial charge >= 0.3 is 0 Å². The molecule has 1 aromatic heterocycles. The zero-order valence-electron chi connectivity index (χ0n) is 12.3. The molecule has 1 unspecified atom stereocenters. The van der Waals surface area contributed by atoms with Crippen LogP contribution in [0.15, 0.2) is 48.7 Å². The molecule has 2 rings (SSSR count). The van der Waals surface area contributed by atoms with Gasteiger partial charge in [-0.25, -0.2) is 4.98 Å². The van der Waals surface area contributed by atoms with Gasteiger partial charge in [0.2, 0.25) is 5.91 Å². The molecular formula is C16H20N4O. The fourth-order valence-electron chi connectivity index (χ4n) is 1.90. The third kappa shape index (κ3) is 4.29. The van der Waals surface area contributed by atoms with Crippen molar-refractivity contribution in [2.24, 2.45) is 5.73 Å². The van der Waals surface area contributed by atoms with Crippen molar-refractivity contribution < 1.29 is 4.79 Å². The summed E-state index contributed by atoms with van der Waals surface area (Å²) < 4.78 is 0. The highest BCUT2D eigenvalue weighted by atomic mass is 16.2. The first-order valence-electron chi connectivity index (χ1n) is 6.80. The van der Waals surface area contributed by atoms with E-state index in [1.807, 2.05) is 55.4 Å². The highest BCUT2D eigenvalue weighted by molar-refractivity contribution is 5.94. The summed E-state index contributed by atoms with van der Waals surface area (Å²) >= 11 is 0. The number of anilines is 2. The van der Waals surface area contributed by atoms with Gasteiger partial charge in [-0.05, 0) is 24.1 Å². The lowest BCUT2D eigenvalue weighted by molar-refractivity contribution is -0.117. The molecule has 0 bridgehead atoms. The van der Waals surface area contributed by atoms with Crippen LogP contribution in [0.2, 0.25) is 0 Å². The first kappa shape index (κ1) is 15.0. The Morgan fingerprint density at radius 2 is 1.95 bits per heavy atom. The fraction of sp³-hybridized carbons (Fsp3) is 0.250. The van der Waals surface area contributed by atoms with Gasteiger partial charge in [-0.3, -0.25) is 4.79 Å². The van der Waals surface area contributed by atoms with Crippen LogP contribution >= 0.6 is 0 Å². The molecule has 0 aliphatic rings. The van der Waals surface area contributed by atoms with E-state index in [1.54, 1.807) is 12.3 Å². The van der Waals surface area contributed by atoms with Gasteiger partial charge in [0.1, 0.15) is 5.82 Å². The maximum atomic E-state index is 12.0. The number of nitrogens with one attached hydrogen (secondary N) is 1. The quantitative estimate of drug-likeness (QED) is 0.876. The molecule has 0 saturated carbocycles. The van der Waals surface area contributed by atoms with Crippen LogP contribution in [-0.2, 0) is 11.2 Å². The van der Waals surface area contributed by atoms with Crippen LogP contribution in [0.25, 0.3) is 0 Å². The van der Waals surface area contributed by atoms with E-state index in [-0.39, 0.29) is 5.91 Å². The van der Waals surface area contributed by atoms with Gasteiger partial charge in [0.25, 0.3) is 0 Å². The molecule has 0 aliphatic heterocycles. The number of hydrogen-bond donors (Lipinski definition) is 2. The smallest absolute Gasteiger partial charge is 0.242 e. The lowest BCUT2D eigenvalue weighted by Crippen LogP contribution is -2.37. The molecule has 1 heterocycles. The van der Waals surface area contributed by atoms with Gasteiger partial charge < -0.3 is 16.0 Å². The van der Waals surface area contributed by atoms with Crippen LogP contribution in [0, 0.1) is 0 Å². The normalized spacial score (nSPS) is 11.8. The third-order valence-electron chi connectivity index (χ3n) is 3.15. The number of nitrogens with two attached hydrogens (primary N) is 1. The van der Waals surface area contributed by atoms with Gasteiger partial charge in [-0.15, -0.1) is 0 Å². The zero-order chi connectivity index (χ0) is 15.2. The van der Waals surface area contributed by atoms with E-state index < -0.39 is 6.04 Å². The Kier molecular flexibility index (Phi) is 4.90. The van der Waals surface area contributed by atoms with Crippen molar-refractivity contribution >= 4 is 17.4 Å². The van der Waals surface area contributed by atoms with Crippen molar-refractivity contribution in [2.45, 2.75) is 12.5 Å². The number of rotatable bonds is 5.